The minimum Gasteiger partial charge on any atom is -0.379 e. The van der Waals surface area contributed by atoms with Crippen molar-refractivity contribution in [2.45, 2.75) is 13.0 Å². The molecule has 1 unspecified atom stereocenters. The molecule has 0 bridgehead atoms. The first-order valence-electron chi connectivity index (χ1n) is 4.95. The second-order valence-corrected chi connectivity index (χ2v) is 3.65. The van der Waals surface area contributed by atoms with Crippen LogP contribution >= 0.6 is 0 Å². The Morgan fingerprint density at radius 1 is 1.69 bits per heavy atom. The van der Waals surface area contributed by atoms with Gasteiger partial charge >= 0.3 is 0 Å². The van der Waals surface area contributed by atoms with Crippen LogP contribution in [0.3, 0.4) is 0 Å². The number of amidine groups is 1. The lowest BCUT2D eigenvalue weighted by molar-refractivity contribution is 0.00732. The van der Waals surface area contributed by atoms with Gasteiger partial charge in [-0.15, -0.1) is 0 Å². The summed E-state index contributed by atoms with van der Waals surface area (Å²) in [6, 6.07) is 0.527. The van der Waals surface area contributed by atoms with E-state index in [4.69, 9.17) is 4.74 Å². The van der Waals surface area contributed by atoms with Crippen molar-refractivity contribution in [2.75, 3.05) is 39.4 Å². The highest BCUT2D eigenvalue weighted by Crippen LogP contribution is 2.05. The van der Waals surface area contributed by atoms with Crippen LogP contribution in [0.5, 0.6) is 0 Å². The number of nitrogens with zero attached hydrogens (tertiary/aromatic N) is 2. The predicted octanol–water partition coefficient (Wildman–Crippen LogP) is -0.291. The van der Waals surface area contributed by atoms with Gasteiger partial charge in [-0.1, -0.05) is 0 Å². The first-order valence-corrected chi connectivity index (χ1v) is 4.95. The molecule has 4 heteroatoms. The topological polar surface area (TPSA) is 36.9 Å². The third-order valence-electron chi connectivity index (χ3n) is 2.60. The van der Waals surface area contributed by atoms with Crippen molar-refractivity contribution in [2.24, 2.45) is 4.99 Å². The summed E-state index contributed by atoms with van der Waals surface area (Å²) in [5.41, 5.74) is 0. The molecule has 2 rings (SSSR count). The van der Waals surface area contributed by atoms with Crippen LogP contribution in [-0.2, 0) is 4.74 Å². The predicted molar refractivity (Wildman–Crippen MR) is 52.2 cm³/mol. The fraction of sp³-hybridized carbons (Fsp3) is 0.889. The summed E-state index contributed by atoms with van der Waals surface area (Å²) < 4.78 is 5.37. The highest BCUT2D eigenvalue weighted by Gasteiger charge is 2.20. The van der Waals surface area contributed by atoms with Crippen LogP contribution < -0.4 is 5.32 Å². The summed E-state index contributed by atoms with van der Waals surface area (Å²) >= 11 is 0. The standard InChI is InChI=1S/C9H17N3O/c1-8-7-13-5-4-12(8)6-9-10-2-3-11-9/h8H,2-7H2,1H3,(H,10,11). The lowest BCUT2D eigenvalue weighted by atomic mass is 10.2. The van der Waals surface area contributed by atoms with E-state index < -0.39 is 0 Å². The molecule has 2 heterocycles. The highest BCUT2D eigenvalue weighted by atomic mass is 16.5. The normalized spacial score (nSPS) is 29.9. The third kappa shape index (κ3) is 2.19. The lowest BCUT2D eigenvalue weighted by Gasteiger charge is -2.32. The summed E-state index contributed by atoms with van der Waals surface area (Å²) in [5, 5.41) is 3.29. The maximum atomic E-state index is 5.37. The zero-order valence-electron chi connectivity index (χ0n) is 8.12. The molecule has 0 spiro atoms. The van der Waals surface area contributed by atoms with Crippen molar-refractivity contribution < 1.29 is 4.74 Å². The van der Waals surface area contributed by atoms with Crippen LogP contribution in [0.25, 0.3) is 0 Å². The van der Waals surface area contributed by atoms with Gasteiger partial charge in [0.2, 0.25) is 0 Å². The van der Waals surface area contributed by atoms with Crippen molar-refractivity contribution in [1.82, 2.24) is 10.2 Å². The number of hydrogen-bond donors (Lipinski definition) is 1. The average molecular weight is 183 g/mol. The van der Waals surface area contributed by atoms with E-state index in [1.807, 2.05) is 0 Å². The number of rotatable bonds is 2. The Hall–Kier alpha value is -0.610. The molecule has 0 radical (unpaired) electrons. The van der Waals surface area contributed by atoms with Gasteiger partial charge < -0.3 is 10.1 Å². The summed E-state index contributed by atoms with van der Waals surface area (Å²) in [6.45, 7) is 7.86. The molecular formula is C9H17N3O. The molecule has 13 heavy (non-hydrogen) atoms. The summed E-state index contributed by atoms with van der Waals surface area (Å²) in [4.78, 5) is 6.80. The number of nitrogens with one attached hydrogen (secondary N) is 1. The fourth-order valence-corrected chi connectivity index (χ4v) is 1.74. The number of hydrogen-bond acceptors (Lipinski definition) is 4. The Kier molecular flexibility index (Phi) is 2.80. The van der Waals surface area contributed by atoms with E-state index in [0.717, 1.165) is 45.2 Å². The molecule has 0 amide bonds. The first-order chi connectivity index (χ1) is 6.36. The first kappa shape index (κ1) is 8.97. The maximum Gasteiger partial charge on any atom is 0.111 e. The fourth-order valence-electron chi connectivity index (χ4n) is 1.74. The average Bonchev–Trinajstić information content (AvgIpc) is 2.61. The zero-order chi connectivity index (χ0) is 9.10. The molecule has 2 aliphatic rings. The van der Waals surface area contributed by atoms with Crippen LogP contribution in [0.2, 0.25) is 0 Å². The molecular weight excluding hydrogens is 166 g/mol. The lowest BCUT2D eigenvalue weighted by Crippen LogP contribution is -2.47. The molecule has 1 fully saturated rings. The minimum atomic E-state index is 0.527. The van der Waals surface area contributed by atoms with Gasteiger partial charge in [-0.3, -0.25) is 9.89 Å². The van der Waals surface area contributed by atoms with Crippen molar-refractivity contribution in [3.05, 3.63) is 0 Å². The van der Waals surface area contributed by atoms with Crippen molar-refractivity contribution in [3.63, 3.8) is 0 Å². The highest BCUT2D eigenvalue weighted by molar-refractivity contribution is 5.85. The molecule has 74 valence electrons. The molecule has 1 N–H and O–H groups in total. The van der Waals surface area contributed by atoms with E-state index in [2.05, 4.69) is 22.1 Å². The Morgan fingerprint density at radius 3 is 3.31 bits per heavy atom. The Balaban J connectivity index is 1.85. The van der Waals surface area contributed by atoms with Gasteiger partial charge in [0.05, 0.1) is 26.3 Å². The van der Waals surface area contributed by atoms with Gasteiger partial charge in [-0.05, 0) is 6.92 Å². The van der Waals surface area contributed by atoms with E-state index in [0.29, 0.717) is 6.04 Å². The van der Waals surface area contributed by atoms with Gasteiger partial charge in [0.25, 0.3) is 0 Å². The van der Waals surface area contributed by atoms with Crippen molar-refractivity contribution in [3.8, 4) is 0 Å². The van der Waals surface area contributed by atoms with Crippen molar-refractivity contribution >= 4 is 5.84 Å². The van der Waals surface area contributed by atoms with E-state index in [-0.39, 0.29) is 0 Å². The minimum absolute atomic E-state index is 0.527. The van der Waals surface area contributed by atoms with Gasteiger partial charge in [0, 0.05) is 19.1 Å². The summed E-state index contributed by atoms with van der Waals surface area (Å²) in [7, 11) is 0. The molecule has 0 aromatic carbocycles. The van der Waals surface area contributed by atoms with Gasteiger partial charge in [0.1, 0.15) is 5.84 Å². The van der Waals surface area contributed by atoms with Crippen LogP contribution in [0.1, 0.15) is 6.92 Å². The number of ether oxygens (including phenoxy) is 1. The Morgan fingerprint density at radius 2 is 2.62 bits per heavy atom. The van der Waals surface area contributed by atoms with Crippen LogP contribution in [0.15, 0.2) is 4.99 Å². The monoisotopic (exact) mass is 183 g/mol. The number of morpholine rings is 1. The maximum absolute atomic E-state index is 5.37. The van der Waals surface area contributed by atoms with Gasteiger partial charge in [-0.25, -0.2) is 0 Å². The molecule has 0 aromatic heterocycles. The molecule has 1 atom stereocenters. The van der Waals surface area contributed by atoms with Crippen LogP contribution in [0, 0.1) is 0 Å². The van der Waals surface area contributed by atoms with Crippen LogP contribution in [-0.4, -0.2) is 56.2 Å². The molecule has 4 nitrogen and oxygen atoms in total. The van der Waals surface area contributed by atoms with E-state index in [9.17, 15) is 0 Å². The van der Waals surface area contributed by atoms with Crippen molar-refractivity contribution in [1.29, 1.82) is 0 Å². The Labute approximate surface area is 79.0 Å². The van der Waals surface area contributed by atoms with E-state index in [1.54, 1.807) is 0 Å². The van der Waals surface area contributed by atoms with E-state index in [1.165, 1.54) is 0 Å². The van der Waals surface area contributed by atoms with Gasteiger partial charge in [0.15, 0.2) is 0 Å². The molecule has 1 saturated heterocycles. The number of aliphatic imine (C=N–C) groups is 1. The van der Waals surface area contributed by atoms with Gasteiger partial charge in [-0.2, -0.15) is 0 Å². The molecule has 0 aromatic rings. The zero-order valence-corrected chi connectivity index (χ0v) is 8.12. The molecule has 0 aliphatic carbocycles. The second kappa shape index (κ2) is 4.07. The summed E-state index contributed by atoms with van der Waals surface area (Å²) in [6.07, 6.45) is 0. The van der Waals surface area contributed by atoms with Crippen LogP contribution in [0.4, 0.5) is 0 Å². The summed E-state index contributed by atoms with van der Waals surface area (Å²) in [5.74, 6) is 1.15. The van der Waals surface area contributed by atoms with E-state index >= 15 is 0 Å². The smallest absolute Gasteiger partial charge is 0.111 e. The largest absolute Gasteiger partial charge is 0.379 e. The quantitative estimate of drug-likeness (QED) is 0.639. The molecule has 2 aliphatic heterocycles. The third-order valence-corrected chi connectivity index (χ3v) is 2.60. The Bertz CT molecular complexity index is 205. The second-order valence-electron chi connectivity index (χ2n) is 3.65. The SMILES string of the molecule is CC1COCCN1CC1=NCCN1. The molecule has 0 saturated carbocycles.